The van der Waals surface area contributed by atoms with Gasteiger partial charge in [0.05, 0.1) is 18.1 Å². The van der Waals surface area contributed by atoms with Crippen molar-refractivity contribution in [3.05, 3.63) is 18.2 Å². The number of piperazine rings is 1. The Balaban J connectivity index is 1.23. The number of rotatable bonds is 4. The van der Waals surface area contributed by atoms with E-state index in [0.717, 1.165) is 56.6 Å². The monoisotopic (exact) mass is 370 g/mol. The highest BCUT2D eigenvalue weighted by Gasteiger charge is 2.49. The molecule has 0 bridgehead atoms. The number of aromatic nitrogens is 2. The van der Waals surface area contributed by atoms with Crippen LogP contribution in [-0.2, 0) is 4.79 Å². The maximum atomic E-state index is 12.2. The predicted molar refractivity (Wildman–Crippen MR) is 108 cm³/mol. The van der Waals surface area contributed by atoms with Crippen LogP contribution in [0.1, 0.15) is 58.2 Å². The molecule has 0 unspecified atom stereocenters. The first kappa shape index (κ1) is 18.9. The third-order valence-electron chi connectivity index (χ3n) is 7.31. The van der Waals surface area contributed by atoms with Gasteiger partial charge in [-0.2, -0.15) is 0 Å². The van der Waals surface area contributed by atoms with Gasteiger partial charge in [-0.1, -0.05) is 13.8 Å². The number of carbonyl (C=O) groups is 1. The van der Waals surface area contributed by atoms with Crippen molar-refractivity contribution in [3.63, 3.8) is 0 Å². The van der Waals surface area contributed by atoms with E-state index >= 15 is 0 Å². The molecule has 0 atom stereocenters. The zero-order valence-corrected chi connectivity index (χ0v) is 17.2. The molecule has 3 fully saturated rings. The van der Waals surface area contributed by atoms with Crippen LogP contribution in [-0.4, -0.2) is 52.9 Å². The fourth-order valence-corrected chi connectivity index (χ4v) is 5.54. The number of nitrogens with zero attached hydrogens (tertiary/aromatic N) is 4. The van der Waals surface area contributed by atoms with Gasteiger partial charge in [0.15, 0.2) is 0 Å². The van der Waals surface area contributed by atoms with Gasteiger partial charge in [0.25, 0.3) is 0 Å². The summed E-state index contributed by atoms with van der Waals surface area (Å²) >= 11 is 0. The average molecular weight is 371 g/mol. The fraction of sp³-hybridized carbons (Fsp3) is 0.773. The van der Waals surface area contributed by atoms with Crippen LogP contribution in [0.25, 0.3) is 0 Å². The Morgan fingerprint density at radius 2 is 1.67 bits per heavy atom. The van der Waals surface area contributed by atoms with Crippen molar-refractivity contribution in [1.29, 1.82) is 0 Å². The summed E-state index contributed by atoms with van der Waals surface area (Å²) in [5.41, 5.74) is 1.66. The predicted octanol–water partition coefficient (Wildman–Crippen LogP) is 3.47. The summed E-state index contributed by atoms with van der Waals surface area (Å²) in [5.74, 6) is 1.90. The number of hydrogen-bond acceptors (Lipinski definition) is 5. The Morgan fingerprint density at radius 1 is 1.07 bits per heavy atom. The number of aryl methyl sites for hydroxylation is 1. The Labute approximate surface area is 163 Å². The van der Waals surface area contributed by atoms with Gasteiger partial charge in [0.1, 0.15) is 11.6 Å². The van der Waals surface area contributed by atoms with Crippen LogP contribution in [0.4, 0.5) is 5.69 Å². The molecule has 3 aliphatic rings. The largest absolute Gasteiger partial charge is 0.366 e. The Bertz CT molecular complexity index is 647. The van der Waals surface area contributed by atoms with Crippen molar-refractivity contribution < 1.29 is 4.79 Å². The number of carbonyl (C=O) groups excluding carboxylic acids is 1. The molecule has 5 nitrogen and oxygen atoms in total. The quantitative estimate of drug-likeness (QED) is 0.812. The van der Waals surface area contributed by atoms with Crippen LogP contribution in [0.5, 0.6) is 0 Å². The fourth-order valence-electron chi connectivity index (χ4n) is 5.54. The molecule has 148 valence electrons. The summed E-state index contributed by atoms with van der Waals surface area (Å²) in [7, 11) is 0. The molecule has 0 amide bonds. The van der Waals surface area contributed by atoms with Crippen LogP contribution in [0.3, 0.4) is 0 Å². The SMILES string of the molecule is Cc1ncc(N2CCN([C@H]3CCC4(CC3)C[C@H](C(=O)C(C)C)C4)CC2)cn1. The number of hydrogen-bond donors (Lipinski definition) is 0. The molecule has 1 saturated heterocycles. The van der Waals surface area contributed by atoms with Crippen molar-refractivity contribution in [2.24, 2.45) is 17.3 Å². The topological polar surface area (TPSA) is 49.3 Å². The minimum Gasteiger partial charge on any atom is -0.366 e. The molecule has 1 aromatic rings. The first-order valence-corrected chi connectivity index (χ1v) is 10.8. The zero-order chi connectivity index (χ0) is 19.0. The van der Waals surface area contributed by atoms with E-state index < -0.39 is 0 Å². The van der Waals surface area contributed by atoms with Crippen LogP contribution < -0.4 is 4.90 Å². The van der Waals surface area contributed by atoms with E-state index in [4.69, 9.17) is 0 Å². The van der Waals surface area contributed by atoms with E-state index in [1.54, 1.807) is 0 Å². The Kier molecular flexibility index (Phi) is 5.23. The molecule has 1 aliphatic heterocycles. The van der Waals surface area contributed by atoms with Crippen LogP contribution in [0.2, 0.25) is 0 Å². The van der Waals surface area contributed by atoms with Crippen molar-refractivity contribution in [2.45, 2.75) is 65.3 Å². The Hall–Kier alpha value is -1.49. The normalized spacial score (nSPS) is 31.9. The van der Waals surface area contributed by atoms with Gasteiger partial charge in [-0.25, -0.2) is 9.97 Å². The second-order valence-corrected chi connectivity index (χ2v) is 9.40. The second kappa shape index (κ2) is 7.50. The molecule has 0 aromatic carbocycles. The van der Waals surface area contributed by atoms with Crippen LogP contribution >= 0.6 is 0 Å². The maximum absolute atomic E-state index is 12.2. The number of ketones is 1. The number of Topliss-reactive ketones (excluding diaryl/α,β-unsaturated/α-hetero) is 1. The molecule has 27 heavy (non-hydrogen) atoms. The lowest BCUT2D eigenvalue weighted by atomic mass is 9.53. The molecule has 0 radical (unpaired) electrons. The van der Waals surface area contributed by atoms with Gasteiger partial charge >= 0.3 is 0 Å². The van der Waals surface area contributed by atoms with Gasteiger partial charge in [-0.3, -0.25) is 9.69 Å². The van der Waals surface area contributed by atoms with E-state index in [-0.39, 0.29) is 5.92 Å². The first-order valence-electron chi connectivity index (χ1n) is 10.8. The lowest BCUT2D eigenvalue weighted by Crippen LogP contribution is -2.53. The Morgan fingerprint density at radius 3 is 2.22 bits per heavy atom. The highest BCUT2D eigenvalue weighted by molar-refractivity contribution is 5.83. The lowest BCUT2D eigenvalue weighted by Gasteiger charge is -2.53. The van der Waals surface area contributed by atoms with E-state index in [9.17, 15) is 4.79 Å². The minimum absolute atomic E-state index is 0.207. The molecule has 2 heterocycles. The molecule has 0 N–H and O–H groups in total. The van der Waals surface area contributed by atoms with E-state index in [1.165, 1.54) is 25.7 Å². The maximum Gasteiger partial charge on any atom is 0.138 e. The second-order valence-electron chi connectivity index (χ2n) is 9.40. The van der Waals surface area contributed by atoms with Crippen LogP contribution in [0, 0.1) is 24.2 Å². The van der Waals surface area contributed by atoms with E-state index in [1.807, 2.05) is 33.2 Å². The van der Waals surface area contributed by atoms with Crippen molar-refractivity contribution in [2.75, 3.05) is 31.1 Å². The lowest BCUT2D eigenvalue weighted by molar-refractivity contribution is -0.135. The van der Waals surface area contributed by atoms with Crippen molar-refractivity contribution in [3.8, 4) is 0 Å². The summed E-state index contributed by atoms with van der Waals surface area (Å²) in [4.78, 5) is 26.0. The van der Waals surface area contributed by atoms with Crippen molar-refractivity contribution in [1.82, 2.24) is 14.9 Å². The summed E-state index contributed by atoms with van der Waals surface area (Å²) in [6.45, 7) is 10.4. The van der Waals surface area contributed by atoms with Crippen molar-refractivity contribution >= 4 is 11.5 Å². The third kappa shape index (κ3) is 3.89. The highest BCUT2D eigenvalue weighted by Crippen LogP contribution is 2.55. The summed E-state index contributed by atoms with van der Waals surface area (Å²) < 4.78 is 0. The average Bonchev–Trinajstić information content (AvgIpc) is 2.66. The molecular weight excluding hydrogens is 336 g/mol. The smallest absolute Gasteiger partial charge is 0.138 e. The molecular formula is C22H34N4O. The van der Waals surface area contributed by atoms with Gasteiger partial charge in [0.2, 0.25) is 0 Å². The molecule has 1 aromatic heterocycles. The van der Waals surface area contributed by atoms with Crippen LogP contribution in [0.15, 0.2) is 12.4 Å². The third-order valence-corrected chi connectivity index (χ3v) is 7.31. The molecule has 2 saturated carbocycles. The van der Waals surface area contributed by atoms with Gasteiger partial charge in [-0.15, -0.1) is 0 Å². The molecule has 4 rings (SSSR count). The minimum atomic E-state index is 0.207. The number of anilines is 1. The summed E-state index contributed by atoms with van der Waals surface area (Å²) in [5, 5.41) is 0. The molecule has 2 aliphatic carbocycles. The summed E-state index contributed by atoms with van der Waals surface area (Å²) in [6.07, 6.45) is 11.5. The zero-order valence-electron chi connectivity index (χ0n) is 17.2. The van der Waals surface area contributed by atoms with Gasteiger partial charge in [0, 0.05) is 44.1 Å². The summed E-state index contributed by atoms with van der Waals surface area (Å²) in [6, 6.07) is 0.742. The van der Waals surface area contributed by atoms with E-state index in [0.29, 0.717) is 17.1 Å². The highest BCUT2D eigenvalue weighted by atomic mass is 16.1. The van der Waals surface area contributed by atoms with E-state index in [2.05, 4.69) is 19.8 Å². The van der Waals surface area contributed by atoms with Gasteiger partial charge < -0.3 is 4.90 Å². The molecule has 1 spiro atoms. The standard InChI is InChI=1S/C22H34N4O/c1-16(2)21(27)18-12-22(13-18)6-4-19(5-7-22)25-8-10-26(11-9-25)20-14-23-17(3)24-15-20/h14-16,18-19H,4-13H2,1-3H3/t18-,19-,22?. The van der Waals surface area contributed by atoms with Gasteiger partial charge in [-0.05, 0) is 50.9 Å². The molecule has 5 heteroatoms. The first-order chi connectivity index (χ1) is 13.0.